The van der Waals surface area contributed by atoms with Gasteiger partial charge in [-0.3, -0.25) is 9.59 Å². The second-order valence-electron chi connectivity index (χ2n) is 12.2. The summed E-state index contributed by atoms with van der Waals surface area (Å²) in [5, 5.41) is 19.5. The van der Waals surface area contributed by atoms with Crippen LogP contribution in [-0.4, -0.2) is 27.6 Å². The first-order valence-corrected chi connectivity index (χ1v) is 15.2. The van der Waals surface area contributed by atoms with E-state index >= 15 is 0 Å². The Hall–Kier alpha value is -4.19. The molecule has 0 radical (unpaired) electrons. The summed E-state index contributed by atoms with van der Waals surface area (Å²) in [4.78, 5) is 26.5. The summed E-state index contributed by atoms with van der Waals surface area (Å²) in [6, 6.07) is 26.1. The number of nitrogens with zero attached hydrogens (tertiary/aromatic N) is 2. The summed E-state index contributed by atoms with van der Waals surface area (Å²) < 4.78 is 0. The van der Waals surface area contributed by atoms with Crippen LogP contribution in [0, 0.1) is 11.3 Å². The summed E-state index contributed by atoms with van der Waals surface area (Å²) in [6.07, 6.45) is 8.11. The van der Waals surface area contributed by atoms with Crippen LogP contribution in [0.1, 0.15) is 79.5 Å². The van der Waals surface area contributed by atoms with Crippen LogP contribution < -0.4 is 5.32 Å². The normalized spacial score (nSPS) is 18.8. The lowest BCUT2D eigenvalue weighted by atomic mass is 9.83. The number of hydrogen-bond acceptors (Lipinski definition) is 4. The largest absolute Gasteiger partial charge is 0.512 e. The first-order valence-electron chi connectivity index (χ1n) is 15.2. The van der Waals surface area contributed by atoms with Crippen molar-refractivity contribution in [1.82, 2.24) is 5.01 Å². The van der Waals surface area contributed by atoms with Gasteiger partial charge in [-0.15, -0.1) is 0 Å². The highest BCUT2D eigenvalue weighted by Crippen LogP contribution is 2.52. The third kappa shape index (κ3) is 6.18. The van der Waals surface area contributed by atoms with Gasteiger partial charge < -0.3 is 10.4 Å². The van der Waals surface area contributed by atoms with Crippen LogP contribution in [0.15, 0.2) is 96.3 Å². The van der Waals surface area contributed by atoms with Crippen LogP contribution in [0.4, 0.5) is 5.69 Å². The van der Waals surface area contributed by atoms with E-state index in [1.54, 1.807) is 5.01 Å². The molecule has 2 N–H and O–H groups in total. The highest BCUT2D eigenvalue weighted by Gasteiger charge is 2.45. The van der Waals surface area contributed by atoms with E-state index in [2.05, 4.69) is 17.0 Å². The Morgan fingerprint density at radius 2 is 1.71 bits per heavy atom. The van der Waals surface area contributed by atoms with Gasteiger partial charge in [0.1, 0.15) is 0 Å². The number of hydrogen-bond donors (Lipinski definition) is 2. The SMILES string of the molecule is C=C(O)C1(Cc2cccc(NC(=O)[C@H](c3ccc(CN4N=C(c5ccccc5)CCC4=O)cc3)C3CCCC3)c2)CC1. The van der Waals surface area contributed by atoms with Crippen LogP contribution in [0.5, 0.6) is 0 Å². The molecule has 3 aromatic carbocycles. The van der Waals surface area contributed by atoms with Crippen LogP contribution in [0.2, 0.25) is 0 Å². The van der Waals surface area contributed by atoms with E-state index in [0.717, 1.165) is 78.6 Å². The molecule has 6 rings (SSSR count). The third-order valence-electron chi connectivity index (χ3n) is 9.24. The average molecular weight is 562 g/mol. The summed E-state index contributed by atoms with van der Waals surface area (Å²) in [5.74, 6) is 0.363. The van der Waals surface area contributed by atoms with Gasteiger partial charge in [0.05, 0.1) is 23.9 Å². The van der Waals surface area contributed by atoms with Gasteiger partial charge in [0.2, 0.25) is 11.8 Å². The first kappa shape index (κ1) is 28.0. The van der Waals surface area contributed by atoms with E-state index < -0.39 is 0 Å². The zero-order chi connectivity index (χ0) is 29.1. The lowest BCUT2D eigenvalue weighted by Gasteiger charge is -2.25. The molecule has 2 saturated carbocycles. The Morgan fingerprint density at radius 1 is 0.976 bits per heavy atom. The standard InChI is InChI=1S/C36H39N3O3/c1-25(40)36(20-21-36)23-27-8-7-13-31(22-27)37-35(42)34(29-11-5-6-12-29)30-16-14-26(15-17-30)24-39-33(41)19-18-32(38-39)28-9-3-2-4-10-28/h2-4,7-10,13-17,22,29,34,40H,1,5-6,11-12,18-21,23-24H2,(H,37,42)/t34-/m0/s1. The molecule has 1 heterocycles. The molecule has 2 amide bonds. The van der Waals surface area contributed by atoms with Gasteiger partial charge in [-0.1, -0.05) is 86.2 Å². The van der Waals surface area contributed by atoms with Crippen molar-refractivity contribution >= 4 is 23.2 Å². The van der Waals surface area contributed by atoms with Crippen LogP contribution in [0.25, 0.3) is 0 Å². The average Bonchev–Trinajstić information content (AvgIpc) is 3.59. The molecule has 0 unspecified atom stereocenters. The molecule has 2 aliphatic carbocycles. The maximum Gasteiger partial charge on any atom is 0.243 e. The Bertz CT molecular complexity index is 1480. The lowest BCUT2D eigenvalue weighted by molar-refractivity contribution is -0.132. The minimum atomic E-state index is -0.239. The Labute approximate surface area is 248 Å². The zero-order valence-electron chi connectivity index (χ0n) is 24.1. The summed E-state index contributed by atoms with van der Waals surface area (Å²) in [6.45, 7) is 4.18. The van der Waals surface area contributed by atoms with E-state index in [9.17, 15) is 14.7 Å². The number of benzene rings is 3. The molecule has 3 aliphatic rings. The molecule has 216 valence electrons. The van der Waals surface area contributed by atoms with Gasteiger partial charge in [0.15, 0.2) is 0 Å². The molecule has 1 aliphatic heterocycles. The van der Waals surface area contributed by atoms with Crippen LogP contribution in [-0.2, 0) is 22.6 Å². The molecule has 42 heavy (non-hydrogen) atoms. The molecule has 2 fully saturated rings. The molecule has 0 saturated heterocycles. The van der Waals surface area contributed by atoms with Crippen molar-refractivity contribution in [3.8, 4) is 0 Å². The topological polar surface area (TPSA) is 82.0 Å². The van der Waals surface area contributed by atoms with Crippen molar-refractivity contribution < 1.29 is 14.7 Å². The summed E-state index contributed by atoms with van der Waals surface area (Å²) in [7, 11) is 0. The van der Waals surface area contributed by atoms with Crippen molar-refractivity contribution in [2.75, 3.05) is 5.32 Å². The van der Waals surface area contributed by atoms with Gasteiger partial charge in [0.25, 0.3) is 0 Å². The molecule has 0 bridgehead atoms. The molecule has 0 spiro atoms. The molecule has 6 heteroatoms. The van der Waals surface area contributed by atoms with E-state index in [1.165, 1.54) is 0 Å². The number of amides is 2. The number of aliphatic hydroxyl groups excluding tert-OH is 1. The Morgan fingerprint density at radius 3 is 2.40 bits per heavy atom. The van der Waals surface area contributed by atoms with Gasteiger partial charge in [-0.05, 0) is 72.4 Å². The van der Waals surface area contributed by atoms with Crippen LogP contribution in [0.3, 0.4) is 0 Å². The number of allylic oxidation sites excluding steroid dienone is 1. The predicted octanol–water partition coefficient (Wildman–Crippen LogP) is 7.52. The number of anilines is 1. The summed E-state index contributed by atoms with van der Waals surface area (Å²) >= 11 is 0. The number of hydrazone groups is 1. The van der Waals surface area contributed by atoms with Gasteiger partial charge in [-0.25, -0.2) is 5.01 Å². The second kappa shape index (κ2) is 12.0. The number of carbonyl (C=O) groups excluding carboxylic acids is 2. The molecule has 6 nitrogen and oxygen atoms in total. The lowest BCUT2D eigenvalue weighted by Crippen LogP contribution is -2.31. The highest BCUT2D eigenvalue weighted by atomic mass is 16.3. The van der Waals surface area contributed by atoms with Crippen molar-refractivity contribution in [2.45, 2.75) is 70.3 Å². The minimum absolute atomic E-state index is 0.0165. The minimum Gasteiger partial charge on any atom is -0.512 e. The monoisotopic (exact) mass is 561 g/mol. The van der Waals surface area contributed by atoms with Crippen molar-refractivity contribution in [1.29, 1.82) is 0 Å². The molecule has 3 aromatic rings. The van der Waals surface area contributed by atoms with E-state index in [1.807, 2.05) is 78.9 Å². The van der Waals surface area contributed by atoms with Gasteiger partial charge >= 0.3 is 0 Å². The van der Waals surface area contributed by atoms with E-state index in [4.69, 9.17) is 0 Å². The number of aliphatic hydroxyl groups is 1. The smallest absolute Gasteiger partial charge is 0.243 e. The van der Waals surface area contributed by atoms with Crippen molar-refractivity contribution in [3.63, 3.8) is 0 Å². The number of rotatable bonds is 10. The third-order valence-corrected chi connectivity index (χ3v) is 9.24. The summed E-state index contributed by atoms with van der Waals surface area (Å²) in [5.41, 5.74) is 5.65. The van der Waals surface area contributed by atoms with Crippen molar-refractivity contribution in [2.24, 2.45) is 16.4 Å². The van der Waals surface area contributed by atoms with E-state index in [0.29, 0.717) is 25.3 Å². The molecular formula is C36H39N3O3. The second-order valence-corrected chi connectivity index (χ2v) is 12.2. The predicted molar refractivity (Wildman–Crippen MR) is 166 cm³/mol. The highest BCUT2D eigenvalue weighted by molar-refractivity contribution is 6.04. The fraction of sp³-hybridized carbons (Fsp3) is 0.361. The van der Waals surface area contributed by atoms with Gasteiger partial charge in [0, 0.05) is 23.9 Å². The molecule has 0 aromatic heterocycles. The first-order chi connectivity index (χ1) is 20.4. The van der Waals surface area contributed by atoms with Gasteiger partial charge in [-0.2, -0.15) is 5.10 Å². The van der Waals surface area contributed by atoms with E-state index in [-0.39, 0.29) is 28.9 Å². The number of nitrogens with one attached hydrogen (secondary N) is 1. The number of carbonyl (C=O) groups is 2. The molecular weight excluding hydrogens is 522 g/mol. The zero-order valence-corrected chi connectivity index (χ0v) is 24.1. The van der Waals surface area contributed by atoms with Crippen molar-refractivity contribution in [3.05, 3.63) is 113 Å². The fourth-order valence-corrected chi connectivity index (χ4v) is 6.58. The Kier molecular flexibility index (Phi) is 7.96. The Balaban J connectivity index is 1.17. The van der Waals surface area contributed by atoms with Crippen LogP contribution >= 0.6 is 0 Å². The maximum absolute atomic E-state index is 13.8. The molecule has 1 atom stereocenters. The fourth-order valence-electron chi connectivity index (χ4n) is 6.58. The quantitative estimate of drug-likeness (QED) is 0.251. The maximum atomic E-state index is 13.8.